The van der Waals surface area contributed by atoms with Crippen LogP contribution in [0.25, 0.3) is 10.8 Å². The van der Waals surface area contributed by atoms with Crippen LogP contribution in [-0.4, -0.2) is 54.4 Å². The van der Waals surface area contributed by atoms with Crippen LogP contribution in [0.15, 0.2) is 60.8 Å². The zero-order chi connectivity index (χ0) is 23.8. The fourth-order valence-corrected chi connectivity index (χ4v) is 4.38. The molecule has 1 aliphatic rings. The molecule has 2 heterocycles. The van der Waals surface area contributed by atoms with E-state index in [0.29, 0.717) is 31.6 Å². The number of carbonyl (C=O) groups is 2. The first-order valence-corrected chi connectivity index (χ1v) is 12.4. The van der Waals surface area contributed by atoms with Gasteiger partial charge in [-0.1, -0.05) is 68.7 Å². The van der Waals surface area contributed by atoms with Crippen LogP contribution in [0.3, 0.4) is 0 Å². The van der Waals surface area contributed by atoms with Gasteiger partial charge in [-0.25, -0.2) is 4.98 Å². The van der Waals surface area contributed by atoms with Crippen molar-refractivity contribution in [3.05, 3.63) is 71.9 Å². The second kappa shape index (κ2) is 11.6. The monoisotopic (exact) mass is 458 g/mol. The molecule has 0 unspecified atom stereocenters. The first kappa shape index (κ1) is 23.7. The summed E-state index contributed by atoms with van der Waals surface area (Å²) in [6.07, 6.45) is 6.61. The minimum atomic E-state index is -0.0698. The Morgan fingerprint density at radius 3 is 2.44 bits per heavy atom. The van der Waals surface area contributed by atoms with Gasteiger partial charge in [0.05, 0.1) is 12.0 Å². The molecule has 6 nitrogen and oxygen atoms in total. The van der Waals surface area contributed by atoms with Crippen molar-refractivity contribution in [2.45, 2.75) is 39.0 Å². The molecular weight excluding hydrogens is 424 g/mol. The van der Waals surface area contributed by atoms with Crippen LogP contribution >= 0.6 is 0 Å². The Hall–Kier alpha value is -3.41. The van der Waals surface area contributed by atoms with Gasteiger partial charge in [-0.15, -0.1) is 0 Å². The van der Waals surface area contributed by atoms with E-state index < -0.39 is 0 Å². The zero-order valence-corrected chi connectivity index (χ0v) is 20.0. The predicted octanol–water partition coefficient (Wildman–Crippen LogP) is 4.44. The molecule has 0 spiro atoms. The summed E-state index contributed by atoms with van der Waals surface area (Å²) in [4.78, 5) is 33.8. The lowest BCUT2D eigenvalue weighted by Crippen LogP contribution is -2.49. The number of nitrogens with zero attached hydrogens (tertiary/aromatic N) is 3. The summed E-state index contributed by atoms with van der Waals surface area (Å²) in [7, 11) is 0. The van der Waals surface area contributed by atoms with E-state index in [-0.39, 0.29) is 11.8 Å². The molecule has 0 aliphatic carbocycles. The quantitative estimate of drug-likeness (QED) is 0.482. The van der Waals surface area contributed by atoms with Gasteiger partial charge in [0.2, 0.25) is 5.91 Å². The summed E-state index contributed by atoms with van der Waals surface area (Å²) in [5.74, 6) is 0.939. The molecule has 1 saturated heterocycles. The van der Waals surface area contributed by atoms with Gasteiger partial charge in [0, 0.05) is 38.9 Å². The van der Waals surface area contributed by atoms with Crippen LogP contribution in [0, 0.1) is 0 Å². The molecule has 1 aromatic heterocycles. The highest BCUT2D eigenvalue weighted by molar-refractivity contribution is 5.94. The van der Waals surface area contributed by atoms with Gasteiger partial charge in [-0.05, 0) is 34.9 Å². The summed E-state index contributed by atoms with van der Waals surface area (Å²) in [5.41, 5.74) is 1.63. The van der Waals surface area contributed by atoms with E-state index in [1.54, 1.807) is 6.20 Å². The summed E-state index contributed by atoms with van der Waals surface area (Å²) < 4.78 is 0. The first-order valence-electron chi connectivity index (χ1n) is 12.4. The van der Waals surface area contributed by atoms with Crippen LogP contribution in [0.1, 0.15) is 48.5 Å². The van der Waals surface area contributed by atoms with Crippen molar-refractivity contribution < 1.29 is 9.59 Å². The van der Waals surface area contributed by atoms with E-state index in [4.69, 9.17) is 0 Å². The summed E-state index contributed by atoms with van der Waals surface area (Å²) >= 11 is 0. The van der Waals surface area contributed by atoms with Crippen molar-refractivity contribution in [2.24, 2.45) is 0 Å². The Morgan fingerprint density at radius 2 is 1.71 bits per heavy atom. The number of unbranched alkanes of at least 4 members (excludes halogenated alkanes) is 3. The highest BCUT2D eigenvalue weighted by atomic mass is 16.2. The fraction of sp³-hybridized carbons (Fsp3) is 0.393. The molecule has 0 bridgehead atoms. The van der Waals surface area contributed by atoms with Crippen LogP contribution in [0.4, 0.5) is 5.82 Å². The van der Waals surface area contributed by atoms with Crippen molar-refractivity contribution >= 4 is 28.4 Å². The van der Waals surface area contributed by atoms with E-state index in [1.165, 1.54) is 18.2 Å². The third-order valence-electron chi connectivity index (χ3n) is 6.45. The molecule has 0 saturated carbocycles. The van der Waals surface area contributed by atoms with Gasteiger partial charge < -0.3 is 15.1 Å². The lowest BCUT2D eigenvalue weighted by Gasteiger charge is -2.35. The Kier molecular flexibility index (Phi) is 8.12. The molecular formula is C28H34N4O2. The number of fused-ring (bicyclic) bond motifs is 1. The third-order valence-corrected chi connectivity index (χ3v) is 6.45. The molecule has 1 aliphatic heterocycles. The standard InChI is InChI=1S/C28H34N4O2/c1-2-3-4-7-14-29-28(34)25-12-13-26(30-21-25)31-15-17-32(18-16-31)27(33)20-22-10-11-23-8-5-6-9-24(23)19-22/h5-6,8-13,19,21H,2-4,7,14-18,20H2,1H3,(H,29,34). The first-order chi connectivity index (χ1) is 16.6. The van der Waals surface area contributed by atoms with Crippen molar-refractivity contribution in [1.29, 1.82) is 0 Å². The van der Waals surface area contributed by atoms with Crippen LogP contribution < -0.4 is 10.2 Å². The van der Waals surface area contributed by atoms with E-state index in [2.05, 4.69) is 46.4 Å². The van der Waals surface area contributed by atoms with Gasteiger partial charge >= 0.3 is 0 Å². The number of piperazine rings is 1. The number of carbonyl (C=O) groups excluding carboxylic acids is 2. The predicted molar refractivity (Wildman–Crippen MR) is 137 cm³/mol. The maximum absolute atomic E-state index is 12.9. The number of anilines is 1. The number of hydrogen-bond acceptors (Lipinski definition) is 4. The maximum atomic E-state index is 12.9. The maximum Gasteiger partial charge on any atom is 0.252 e. The van der Waals surface area contributed by atoms with Gasteiger partial charge in [0.25, 0.3) is 5.91 Å². The van der Waals surface area contributed by atoms with E-state index in [1.807, 2.05) is 35.2 Å². The molecule has 2 aromatic carbocycles. The van der Waals surface area contributed by atoms with Crippen LogP contribution in [0.5, 0.6) is 0 Å². The number of benzene rings is 2. The molecule has 34 heavy (non-hydrogen) atoms. The van der Waals surface area contributed by atoms with Gasteiger partial charge in [-0.3, -0.25) is 9.59 Å². The van der Waals surface area contributed by atoms with Gasteiger partial charge in [0.15, 0.2) is 0 Å². The molecule has 1 fully saturated rings. The molecule has 6 heteroatoms. The van der Waals surface area contributed by atoms with E-state index in [0.717, 1.165) is 42.7 Å². The second-order valence-electron chi connectivity index (χ2n) is 8.95. The summed E-state index contributed by atoms with van der Waals surface area (Å²) in [6, 6.07) is 18.2. The third kappa shape index (κ3) is 6.13. The molecule has 0 atom stereocenters. The Bertz CT molecular complexity index is 1100. The minimum Gasteiger partial charge on any atom is -0.353 e. The highest BCUT2D eigenvalue weighted by Gasteiger charge is 2.22. The molecule has 3 aromatic rings. The fourth-order valence-electron chi connectivity index (χ4n) is 4.38. The summed E-state index contributed by atoms with van der Waals surface area (Å²) in [5, 5.41) is 5.32. The highest BCUT2D eigenvalue weighted by Crippen LogP contribution is 2.18. The average molecular weight is 459 g/mol. The molecule has 2 amide bonds. The summed E-state index contributed by atoms with van der Waals surface area (Å²) in [6.45, 7) is 5.70. The normalized spacial score (nSPS) is 13.8. The number of amides is 2. The number of nitrogens with one attached hydrogen (secondary N) is 1. The number of rotatable bonds is 9. The van der Waals surface area contributed by atoms with Crippen molar-refractivity contribution in [3.8, 4) is 0 Å². The lowest BCUT2D eigenvalue weighted by molar-refractivity contribution is -0.130. The van der Waals surface area contributed by atoms with Crippen LogP contribution in [-0.2, 0) is 11.2 Å². The average Bonchev–Trinajstić information content (AvgIpc) is 2.88. The van der Waals surface area contributed by atoms with Gasteiger partial charge in [-0.2, -0.15) is 0 Å². The van der Waals surface area contributed by atoms with Crippen molar-refractivity contribution in [2.75, 3.05) is 37.6 Å². The van der Waals surface area contributed by atoms with Crippen LogP contribution in [0.2, 0.25) is 0 Å². The zero-order valence-electron chi connectivity index (χ0n) is 20.0. The molecule has 1 N–H and O–H groups in total. The number of pyridine rings is 1. The smallest absolute Gasteiger partial charge is 0.252 e. The molecule has 4 rings (SSSR count). The molecule has 0 radical (unpaired) electrons. The SMILES string of the molecule is CCCCCCNC(=O)c1ccc(N2CCN(C(=O)Cc3ccc4ccccc4c3)CC2)nc1. The molecule has 178 valence electrons. The van der Waals surface area contributed by atoms with Crippen molar-refractivity contribution in [3.63, 3.8) is 0 Å². The minimum absolute atomic E-state index is 0.0698. The van der Waals surface area contributed by atoms with Gasteiger partial charge in [0.1, 0.15) is 5.82 Å². The largest absolute Gasteiger partial charge is 0.353 e. The lowest BCUT2D eigenvalue weighted by atomic mass is 10.0. The Morgan fingerprint density at radius 1 is 0.912 bits per heavy atom. The van der Waals surface area contributed by atoms with E-state index >= 15 is 0 Å². The van der Waals surface area contributed by atoms with Crippen molar-refractivity contribution in [1.82, 2.24) is 15.2 Å². The Labute approximate surface area is 202 Å². The van der Waals surface area contributed by atoms with E-state index in [9.17, 15) is 9.59 Å². The number of aromatic nitrogens is 1. The topological polar surface area (TPSA) is 65.5 Å². The Balaban J connectivity index is 1.25. The number of hydrogen-bond donors (Lipinski definition) is 1. The second-order valence-corrected chi connectivity index (χ2v) is 8.95.